The lowest BCUT2D eigenvalue weighted by Crippen LogP contribution is -2.19. The quantitative estimate of drug-likeness (QED) is 0.721. The Labute approximate surface area is 162 Å². The van der Waals surface area contributed by atoms with E-state index in [0.717, 1.165) is 16.9 Å². The van der Waals surface area contributed by atoms with Crippen LogP contribution in [0, 0.1) is 13.8 Å². The SMILES string of the molecule is CNC(=O)c1cc(NC(=O)c2cnn(-c3cccc(C)c3)c2C)ccc1Cl. The van der Waals surface area contributed by atoms with Gasteiger partial charge in [-0.25, -0.2) is 4.68 Å². The molecule has 27 heavy (non-hydrogen) atoms. The number of hydrogen-bond donors (Lipinski definition) is 2. The van der Waals surface area contributed by atoms with Crippen molar-refractivity contribution in [2.75, 3.05) is 12.4 Å². The molecular formula is C20H19ClN4O2. The largest absolute Gasteiger partial charge is 0.355 e. The number of amides is 2. The molecule has 0 radical (unpaired) electrons. The summed E-state index contributed by atoms with van der Waals surface area (Å²) < 4.78 is 1.72. The average Bonchev–Trinajstić information content (AvgIpc) is 3.04. The summed E-state index contributed by atoms with van der Waals surface area (Å²) in [6, 6.07) is 12.6. The molecule has 0 bridgehead atoms. The van der Waals surface area contributed by atoms with Gasteiger partial charge in [0.2, 0.25) is 0 Å². The fourth-order valence-electron chi connectivity index (χ4n) is 2.76. The number of carbonyl (C=O) groups excluding carboxylic acids is 2. The average molecular weight is 383 g/mol. The summed E-state index contributed by atoms with van der Waals surface area (Å²) >= 11 is 6.05. The van der Waals surface area contributed by atoms with Crippen molar-refractivity contribution >= 4 is 29.1 Å². The molecular weight excluding hydrogens is 364 g/mol. The van der Waals surface area contributed by atoms with E-state index in [9.17, 15) is 9.59 Å². The standard InChI is InChI=1S/C20H19ClN4O2/c1-12-5-4-6-15(9-12)25-13(2)17(11-23-25)20(27)24-14-7-8-18(21)16(10-14)19(26)22-3/h4-11H,1-3H3,(H,22,26)(H,24,27). The third-order valence-corrected chi connectivity index (χ3v) is 4.53. The van der Waals surface area contributed by atoms with Gasteiger partial charge in [-0.15, -0.1) is 0 Å². The topological polar surface area (TPSA) is 76.0 Å². The predicted octanol–water partition coefficient (Wildman–Crippen LogP) is 3.75. The van der Waals surface area contributed by atoms with Gasteiger partial charge in [-0.2, -0.15) is 5.10 Å². The van der Waals surface area contributed by atoms with Crippen LogP contribution in [0.15, 0.2) is 48.7 Å². The van der Waals surface area contributed by atoms with Crippen LogP contribution in [0.25, 0.3) is 5.69 Å². The highest BCUT2D eigenvalue weighted by atomic mass is 35.5. The molecule has 2 aromatic carbocycles. The van der Waals surface area contributed by atoms with Crippen molar-refractivity contribution in [2.24, 2.45) is 0 Å². The maximum atomic E-state index is 12.7. The van der Waals surface area contributed by atoms with Crippen LogP contribution in [0.2, 0.25) is 5.02 Å². The van der Waals surface area contributed by atoms with Crippen molar-refractivity contribution in [3.63, 3.8) is 0 Å². The second-order valence-corrected chi connectivity index (χ2v) is 6.53. The number of aryl methyl sites for hydroxylation is 1. The zero-order chi connectivity index (χ0) is 19.6. The van der Waals surface area contributed by atoms with E-state index < -0.39 is 0 Å². The maximum absolute atomic E-state index is 12.7. The number of nitrogens with zero attached hydrogens (tertiary/aromatic N) is 2. The van der Waals surface area contributed by atoms with Gasteiger partial charge in [0.15, 0.2) is 0 Å². The number of hydrogen-bond acceptors (Lipinski definition) is 3. The molecule has 0 saturated heterocycles. The Bertz CT molecular complexity index is 1030. The number of benzene rings is 2. The van der Waals surface area contributed by atoms with Crippen molar-refractivity contribution in [2.45, 2.75) is 13.8 Å². The molecule has 0 aliphatic heterocycles. The van der Waals surface area contributed by atoms with Gasteiger partial charge < -0.3 is 10.6 Å². The van der Waals surface area contributed by atoms with Crippen LogP contribution in [0.5, 0.6) is 0 Å². The van der Waals surface area contributed by atoms with Crippen LogP contribution in [0.4, 0.5) is 5.69 Å². The van der Waals surface area contributed by atoms with E-state index in [2.05, 4.69) is 15.7 Å². The number of rotatable bonds is 4. The Balaban J connectivity index is 1.87. The highest BCUT2D eigenvalue weighted by Gasteiger charge is 2.17. The first kappa shape index (κ1) is 18.7. The first-order valence-electron chi connectivity index (χ1n) is 8.35. The monoisotopic (exact) mass is 382 g/mol. The van der Waals surface area contributed by atoms with Crippen molar-refractivity contribution in [1.82, 2.24) is 15.1 Å². The van der Waals surface area contributed by atoms with Crippen molar-refractivity contribution in [3.05, 3.63) is 76.1 Å². The Hall–Kier alpha value is -3.12. The van der Waals surface area contributed by atoms with Crippen molar-refractivity contribution < 1.29 is 9.59 Å². The number of carbonyl (C=O) groups is 2. The van der Waals surface area contributed by atoms with E-state index in [1.54, 1.807) is 22.9 Å². The number of halogens is 1. The molecule has 0 aliphatic carbocycles. The van der Waals surface area contributed by atoms with Crippen molar-refractivity contribution in [3.8, 4) is 5.69 Å². The number of nitrogens with one attached hydrogen (secondary N) is 2. The van der Waals surface area contributed by atoms with E-state index in [0.29, 0.717) is 21.8 Å². The number of anilines is 1. The van der Waals surface area contributed by atoms with E-state index in [1.165, 1.54) is 13.2 Å². The Morgan fingerprint density at radius 2 is 1.81 bits per heavy atom. The van der Waals surface area contributed by atoms with Gasteiger partial charge in [-0.1, -0.05) is 23.7 Å². The molecule has 6 nitrogen and oxygen atoms in total. The molecule has 0 fully saturated rings. The number of aromatic nitrogens is 2. The second-order valence-electron chi connectivity index (χ2n) is 6.12. The summed E-state index contributed by atoms with van der Waals surface area (Å²) in [6.07, 6.45) is 1.53. The van der Waals surface area contributed by atoms with Crippen LogP contribution >= 0.6 is 11.6 Å². The van der Waals surface area contributed by atoms with E-state index >= 15 is 0 Å². The van der Waals surface area contributed by atoms with E-state index in [4.69, 9.17) is 11.6 Å². The Morgan fingerprint density at radius 3 is 2.52 bits per heavy atom. The Morgan fingerprint density at radius 1 is 1.04 bits per heavy atom. The summed E-state index contributed by atoms with van der Waals surface area (Å²) in [4.78, 5) is 24.5. The molecule has 1 heterocycles. The van der Waals surface area contributed by atoms with Crippen molar-refractivity contribution in [1.29, 1.82) is 0 Å². The normalized spacial score (nSPS) is 10.5. The molecule has 7 heteroatoms. The van der Waals surface area contributed by atoms with Gasteiger partial charge in [0.1, 0.15) is 0 Å². The van der Waals surface area contributed by atoms with Gasteiger partial charge in [0.05, 0.1) is 33.7 Å². The molecule has 0 saturated carbocycles. The minimum Gasteiger partial charge on any atom is -0.355 e. The lowest BCUT2D eigenvalue weighted by atomic mass is 10.1. The molecule has 1 aromatic heterocycles. The van der Waals surface area contributed by atoms with Gasteiger partial charge in [-0.05, 0) is 49.7 Å². The molecule has 2 amide bonds. The fraction of sp³-hybridized carbons (Fsp3) is 0.150. The lowest BCUT2D eigenvalue weighted by Gasteiger charge is -2.09. The Kier molecular flexibility index (Phi) is 5.28. The minimum atomic E-state index is -0.320. The summed E-state index contributed by atoms with van der Waals surface area (Å²) in [5.41, 5.74) is 3.94. The first-order valence-corrected chi connectivity index (χ1v) is 8.73. The zero-order valence-electron chi connectivity index (χ0n) is 15.2. The molecule has 0 atom stereocenters. The molecule has 0 aliphatic rings. The van der Waals surface area contributed by atoms with Gasteiger partial charge in [-0.3, -0.25) is 9.59 Å². The van der Waals surface area contributed by atoms with Crippen LogP contribution in [-0.2, 0) is 0 Å². The smallest absolute Gasteiger partial charge is 0.259 e. The third kappa shape index (κ3) is 3.85. The molecule has 0 unspecified atom stereocenters. The molecule has 138 valence electrons. The van der Waals surface area contributed by atoms with Crippen LogP contribution in [0.1, 0.15) is 32.0 Å². The minimum absolute atomic E-state index is 0.296. The summed E-state index contributed by atoms with van der Waals surface area (Å²) in [6.45, 7) is 3.84. The second kappa shape index (κ2) is 7.63. The predicted molar refractivity (Wildman–Crippen MR) is 106 cm³/mol. The first-order chi connectivity index (χ1) is 12.9. The lowest BCUT2D eigenvalue weighted by molar-refractivity contribution is 0.0961. The van der Waals surface area contributed by atoms with Gasteiger partial charge in [0.25, 0.3) is 11.8 Å². The summed E-state index contributed by atoms with van der Waals surface area (Å²) in [5.74, 6) is -0.629. The fourth-order valence-corrected chi connectivity index (χ4v) is 2.97. The summed E-state index contributed by atoms with van der Waals surface area (Å²) in [7, 11) is 1.52. The van der Waals surface area contributed by atoms with Crippen LogP contribution < -0.4 is 10.6 Å². The third-order valence-electron chi connectivity index (χ3n) is 4.20. The highest BCUT2D eigenvalue weighted by molar-refractivity contribution is 6.34. The zero-order valence-corrected chi connectivity index (χ0v) is 16.0. The van der Waals surface area contributed by atoms with E-state index in [-0.39, 0.29) is 11.8 Å². The maximum Gasteiger partial charge on any atom is 0.259 e. The highest BCUT2D eigenvalue weighted by Crippen LogP contribution is 2.22. The molecule has 0 spiro atoms. The van der Waals surface area contributed by atoms with Crippen LogP contribution in [0.3, 0.4) is 0 Å². The van der Waals surface area contributed by atoms with Gasteiger partial charge in [0, 0.05) is 12.7 Å². The molecule has 2 N–H and O–H groups in total. The van der Waals surface area contributed by atoms with E-state index in [1.807, 2.05) is 38.1 Å². The molecule has 3 rings (SSSR count). The molecule has 3 aromatic rings. The van der Waals surface area contributed by atoms with Gasteiger partial charge >= 0.3 is 0 Å². The summed E-state index contributed by atoms with van der Waals surface area (Å²) in [5, 5.41) is 9.96. The van der Waals surface area contributed by atoms with Crippen LogP contribution in [-0.4, -0.2) is 28.6 Å².